The van der Waals surface area contributed by atoms with Gasteiger partial charge in [0.15, 0.2) is 0 Å². The Hall–Kier alpha value is -2.97. The van der Waals surface area contributed by atoms with Gasteiger partial charge in [-0.2, -0.15) is 0 Å². The highest BCUT2D eigenvalue weighted by molar-refractivity contribution is 6.06. The minimum Gasteiger partial charge on any atom is -0.460 e. The van der Waals surface area contributed by atoms with E-state index in [9.17, 15) is 9.59 Å². The first-order chi connectivity index (χ1) is 15.8. The minimum absolute atomic E-state index is 0.00634. The van der Waals surface area contributed by atoms with Crippen molar-refractivity contribution in [2.75, 3.05) is 33.0 Å². The monoisotopic (exact) mass is 455 g/mol. The second kappa shape index (κ2) is 11.8. The number of H-pyrrole nitrogens is 1. The number of nitrogens with zero attached hydrogens (tertiary/aromatic N) is 1. The number of hydrogen-bond donors (Lipinski definition) is 2. The van der Waals surface area contributed by atoms with Gasteiger partial charge in [0, 0.05) is 47.2 Å². The Labute approximate surface area is 194 Å². The molecule has 0 fully saturated rings. The van der Waals surface area contributed by atoms with Crippen LogP contribution in [0, 0.1) is 0 Å². The van der Waals surface area contributed by atoms with E-state index in [0.29, 0.717) is 45.8 Å². The van der Waals surface area contributed by atoms with Crippen LogP contribution in [0.25, 0.3) is 21.8 Å². The number of ether oxygens (including phenoxy) is 3. The van der Waals surface area contributed by atoms with Crippen LogP contribution in [0.5, 0.6) is 0 Å². The van der Waals surface area contributed by atoms with E-state index in [1.807, 2.05) is 33.0 Å². The third-order valence-corrected chi connectivity index (χ3v) is 4.92. The Kier molecular flexibility index (Phi) is 8.79. The minimum atomic E-state index is -0.479. The summed E-state index contributed by atoms with van der Waals surface area (Å²) >= 11 is 0. The lowest BCUT2D eigenvalue weighted by Crippen LogP contribution is -2.27. The molecule has 2 N–H and O–H groups in total. The third-order valence-electron chi connectivity index (χ3n) is 4.92. The van der Waals surface area contributed by atoms with E-state index < -0.39 is 5.60 Å². The van der Waals surface area contributed by atoms with Crippen molar-refractivity contribution in [3.05, 3.63) is 42.2 Å². The highest BCUT2D eigenvalue weighted by Gasteiger charge is 2.15. The predicted molar refractivity (Wildman–Crippen MR) is 127 cm³/mol. The quantitative estimate of drug-likeness (QED) is 0.320. The van der Waals surface area contributed by atoms with Crippen LogP contribution in [-0.2, 0) is 30.2 Å². The van der Waals surface area contributed by atoms with Crippen molar-refractivity contribution in [1.29, 1.82) is 0 Å². The van der Waals surface area contributed by atoms with Crippen molar-refractivity contribution >= 4 is 33.7 Å². The Morgan fingerprint density at radius 2 is 1.76 bits per heavy atom. The van der Waals surface area contributed by atoms with Crippen LogP contribution in [0.1, 0.15) is 39.2 Å². The molecule has 2 heterocycles. The first kappa shape index (κ1) is 24.7. The molecule has 0 aliphatic rings. The van der Waals surface area contributed by atoms with Gasteiger partial charge in [-0.3, -0.25) is 14.6 Å². The lowest BCUT2D eigenvalue weighted by molar-refractivity contribution is -0.156. The molecule has 1 amide bonds. The molecule has 0 unspecified atom stereocenters. The van der Waals surface area contributed by atoms with Gasteiger partial charge in [0.05, 0.1) is 32.8 Å². The first-order valence-electron chi connectivity index (χ1n) is 11.3. The van der Waals surface area contributed by atoms with E-state index in [1.165, 1.54) is 0 Å². The number of hydrogen-bond acceptors (Lipinski definition) is 6. The molecule has 0 aliphatic carbocycles. The zero-order chi connectivity index (χ0) is 23.7. The molecule has 3 aromatic rings. The van der Waals surface area contributed by atoms with Crippen molar-refractivity contribution in [3.8, 4) is 0 Å². The molecule has 0 saturated heterocycles. The number of aromatic amines is 1. The van der Waals surface area contributed by atoms with E-state index in [1.54, 1.807) is 6.20 Å². The lowest BCUT2D eigenvalue weighted by atomic mass is 10.1. The van der Waals surface area contributed by atoms with Gasteiger partial charge in [-0.05, 0) is 44.9 Å². The standard InChI is InChI=1S/C25H33N3O5/c1-25(2,3)33-24(30)9-12-31-14-15-32-13-11-27-23(29)7-5-18-4-6-19-20-17-26-10-8-21(20)28-22(19)16-18/h4,6,8,10,16-17,28H,5,7,9,11-15H2,1-3H3,(H,27,29). The zero-order valence-corrected chi connectivity index (χ0v) is 19.6. The van der Waals surface area contributed by atoms with Crippen molar-refractivity contribution in [1.82, 2.24) is 15.3 Å². The van der Waals surface area contributed by atoms with Gasteiger partial charge >= 0.3 is 5.97 Å². The Bertz CT molecular complexity index is 1070. The van der Waals surface area contributed by atoms with Crippen LogP contribution in [0.3, 0.4) is 0 Å². The summed E-state index contributed by atoms with van der Waals surface area (Å²) in [4.78, 5) is 31.2. The summed E-state index contributed by atoms with van der Waals surface area (Å²) in [5.41, 5.74) is 2.74. The molecule has 2 aromatic heterocycles. The molecule has 0 atom stereocenters. The number of aryl methyl sites for hydroxylation is 1. The van der Waals surface area contributed by atoms with E-state index >= 15 is 0 Å². The Morgan fingerprint density at radius 3 is 2.55 bits per heavy atom. The number of carbonyl (C=O) groups is 2. The zero-order valence-electron chi connectivity index (χ0n) is 19.6. The van der Waals surface area contributed by atoms with E-state index in [-0.39, 0.29) is 18.3 Å². The SMILES string of the molecule is CC(C)(C)OC(=O)CCOCCOCCNC(=O)CCc1ccc2c(c1)[nH]c1ccncc12. The fourth-order valence-electron chi connectivity index (χ4n) is 3.43. The summed E-state index contributed by atoms with van der Waals surface area (Å²) in [6, 6.07) is 8.18. The summed E-state index contributed by atoms with van der Waals surface area (Å²) < 4.78 is 16.0. The number of pyridine rings is 1. The molecular formula is C25H33N3O5. The van der Waals surface area contributed by atoms with Crippen LogP contribution in [0.4, 0.5) is 0 Å². The smallest absolute Gasteiger partial charge is 0.308 e. The first-order valence-corrected chi connectivity index (χ1v) is 11.3. The van der Waals surface area contributed by atoms with Gasteiger partial charge in [-0.25, -0.2) is 0 Å². The van der Waals surface area contributed by atoms with Crippen molar-refractivity contribution < 1.29 is 23.8 Å². The maximum Gasteiger partial charge on any atom is 0.308 e. The van der Waals surface area contributed by atoms with Crippen molar-refractivity contribution in [3.63, 3.8) is 0 Å². The van der Waals surface area contributed by atoms with E-state index in [4.69, 9.17) is 14.2 Å². The molecule has 0 aliphatic heterocycles. The van der Waals surface area contributed by atoms with Gasteiger partial charge in [-0.15, -0.1) is 0 Å². The molecular weight excluding hydrogens is 422 g/mol. The second-order valence-electron chi connectivity index (χ2n) is 8.84. The summed E-state index contributed by atoms with van der Waals surface area (Å²) in [7, 11) is 0. The topological polar surface area (TPSA) is 103 Å². The number of benzene rings is 1. The molecule has 8 nitrogen and oxygen atoms in total. The number of amides is 1. The van der Waals surface area contributed by atoms with Crippen LogP contribution in [0.2, 0.25) is 0 Å². The van der Waals surface area contributed by atoms with Crippen molar-refractivity contribution in [2.45, 2.75) is 45.6 Å². The second-order valence-corrected chi connectivity index (χ2v) is 8.84. The van der Waals surface area contributed by atoms with Crippen molar-refractivity contribution in [2.24, 2.45) is 0 Å². The molecule has 8 heteroatoms. The summed E-state index contributed by atoms with van der Waals surface area (Å²) in [5, 5.41) is 5.11. The average molecular weight is 456 g/mol. The number of esters is 1. The van der Waals surface area contributed by atoms with Crippen LogP contribution >= 0.6 is 0 Å². The number of aromatic nitrogens is 2. The molecule has 0 spiro atoms. The fourth-order valence-corrected chi connectivity index (χ4v) is 3.43. The highest BCUT2D eigenvalue weighted by atomic mass is 16.6. The maximum atomic E-state index is 12.1. The number of nitrogens with one attached hydrogen (secondary N) is 2. The number of fused-ring (bicyclic) bond motifs is 3. The normalized spacial score (nSPS) is 11.7. The molecule has 1 aromatic carbocycles. The fraction of sp³-hybridized carbons (Fsp3) is 0.480. The number of rotatable bonds is 12. The Balaban J connectivity index is 1.24. The number of carbonyl (C=O) groups excluding carboxylic acids is 2. The maximum absolute atomic E-state index is 12.1. The average Bonchev–Trinajstić information content (AvgIpc) is 3.13. The van der Waals surface area contributed by atoms with Gasteiger partial charge in [0.1, 0.15) is 5.60 Å². The van der Waals surface area contributed by atoms with Crippen LogP contribution in [-0.4, -0.2) is 60.4 Å². The third kappa shape index (κ3) is 8.14. The van der Waals surface area contributed by atoms with Crippen LogP contribution < -0.4 is 5.32 Å². The van der Waals surface area contributed by atoms with Gasteiger partial charge in [-0.1, -0.05) is 12.1 Å². The van der Waals surface area contributed by atoms with Gasteiger partial charge in [0.2, 0.25) is 5.91 Å². The molecule has 0 radical (unpaired) electrons. The molecule has 3 rings (SSSR count). The summed E-state index contributed by atoms with van der Waals surface area (Å²) in [6.07, 6.45) is 4.94. The van der Waals surface area contributed by atoms with E-state index in [0.717, 1.165) is 27.4 Å². The highest BCUT2D eigenvalue weighted by Crippen LogP contribution is 2.25. The Morgan fingerprint density at radius 1 is 0.970 bits per heavy atom. The molecule has 0 bridgehead atoms. The molecule has 0 saturated carbocycles. The van der Waals surface area contributed by atoms with Gasteiger partial charge in [0.25, 0.3) is 0 Å². The largest absolute Gasteiger partial charge is 0.460 e. The molecule has 178 valence electrons. The van der Waals surface area contributed by atoms with Crippen LogP contribution in [0.15, 0.2) is 36.7 Å². The predicted octanol–water partition coefficient (Wildman–Crippen LogP) is 3.53. The van der Waals surface area contributed by atoms with Gasteiger partial charge < -0.3 is 24.5 Å². The molecule has 33 heavy (non-hydrogen) atoms. The lowest BCUT2D eigenvalue weighted by Gasteiger charge is -2.19. The summed E-state index contributed by atoms with van der Waals surface area (Å²) in [5.74, 6) is -0.280. The van der Waals surface area contributed by atoms with E-state index in [2.05, 4.69) is 33.5 Å². The summed E-state index contributed by atoms with van der Waals surface area (Å²) in [6.45, 7) is 7.46.